The summed E-state index contributed by atoms with van der Waals surface area (Å²) in [6.45, 7) is 6.26. The molecule has 0 spiro atoms. The van der Waals surface area contributed by atoms with Crippen molar-refractivity contribution in [2.24, 2.45) is 0 Å². The van der Waals surface area contributed by atoms with E-state index in [0.717, 1.165) is 21.9 Å². The zero-order valence-corrected chi connectivity index (χ0v) is 10.5. The summed E-state index contributed by atoms with van der Waals surface area (Å²) in [6.07, 6.45) is 1.79. The Hall–Kier alpha value is -1.30. The Balaban J connectivity index is 2.65. The minimum absolute atomic E-state index is 0.311. The monoisotopic (exact) mass is 237 g/mol. The molecule has 2 aromatic heterocycles. The van der Waals surface area contributed by atoms with Crippen LogP contribution < -0.4 is 5.73 Å². The van der Waals surface area contributed by atoms with Crippen molar-refractivity contribution in [3.8, 4) is 0 Å². The lowest BCUT2D eigenvalue weighted by Crippen LogP contribution is -2.03. The zero-order chi connectivity index (χ0) is 11.7. The van der Waals surface area contributed by atoms with E-state index >= 15 is 0 Å². The molecule has 0 unspecified atom stereocenters. The van der Waals surface area contributed by atoms with Crippen molar-refractivity contribution in [1.82, 2.24) is 19.5 Å². The molecule has 0 amide bonds. The van der Waals surface area contributed by atoms with Gasteiger partial charge in [-0.1, -0.05) is 6.92 Å². The van der Waals surface area contributed by atoms with Crippen LogP contribution >= 0.6 is 11.8 Å². The lowest BCUT2D eigenvalue weighted by molar-refractivity contribution is 0.613. The number of nitrogen functional groups attached to an aromatic ring is 1. The van der Waals surface area contributed by atoms with E-state index in [-0.39, 0.29) is 0 Å². The zero-order valence-electron chi connectivity index (χ0n) is 9.64. The first-order chi connectivity index (χ1) is 7.63. The molecule has 5 nitrogen and oxygen atoms in total. The fraction of sp³-hybridized carbons (Fsp3) is 0.500. The number of aromatic nitrogens is 4. The summed E-state index contributed by atoms with van der Waals surface area (Å²) in [4.78, 5) is 12.8. The van der Waals surface area contributed by atoms with Crippen LogP contribution in [0.2, 0.25) is 0 Å². The van der Waals surface area contributed by atoms with Crippen molar-refractivity contribution < 1.29 is 0 Å². The standard InChI is InChI=1S/C10H15N5S/c1-4-16-9-7-8(13-10(11)14-9)15(5-12-7)6(2)3/h5-6H,4H2,1-3H3,(H2,11,13,14). The molecular formula is C10H15N5S. The molecule has 0 aliphatic carbocycles. The topological polar surface area (TPSA) is 69.6 Å². The second-order valence-electron chi connectivity index (χ2n) is 3.74. The number of thioether (sulfide) groups is 1. The van der Waals surface area contributed by atoms with E-state index in [1.807, 2.05) is 4.57 Å². The van der Waals surface area contributed by atoms with Gasteiger partial charge in [-0.2, -0.15) is 4.98 Å². The van der Waals surface area contributed by atoms with Crippen LogP contribution in [0.3, 0.4) is 0 Å². The Morgan fingerprint density at radius 1 is 1.44 bits per heavy atom. The number of rotatable bonds is 3. The summed E-state index contributed by atoms with van der Waals surface area (Å²) in [7, 11) is 0. The van der Waals surface area contributed by atoms with Gasteiger partial charge < -0.3 is 10.3 Å². The Kier molecular flexibility index (Phi) is 3.00. The average molecular weight is 237 g/mol. The van der Waals surface area contributed by atoms with Crippen LogP contribution in [0.25, 0.3) is 11.2 Å². The molecule has 0 aromatic carbocycles. The van der Waals surface area contributed by atoms with Crippen LogP contribution in [-0.4, -0.2) is 25.3 Å². The number of imidazole rings is 1. The lowest BCUT2D eigenvalue weighted by Gasteiger charge is -2.07. The summed E-state index contributed by atoms with van der Waals surface area (Å²) in [5.74, 6) is 1.26. The van der Waals surface area contributed by atoms with E-state index in [1.165, 1.54) is 0 Å². The number of hydrogen-bond acceptors (Lipinski definition) is 5. The highest BCUT2D eigenvalue weighted by molar-refractivity contribution is 7.99. The van der Waals surface area contributed by atoms with Crippen LogP contribution in [0.1, 0.15) is 26.8 Å². The number of fused-ring (bicyclic) bond motifs is 1. The first-order valence-corrected chi connectivity index (χ1v) is 6.25. The molecule has 0 aliphatic rings. The normalized spacial score (nSPS) is 11.5. The van der Waals surface area contributed by atoms with Crippen molar-refractivity contribution in [3.63, 3.8) is 0 Å². The number of hydrogen-bond donors (Lipinski definition) is 1. The van der Waals surface area contributed by atoms with Crippen molar-refractivity contribution in [2.75, 3.05) is 11.5 Å². The van der Waals surface area contributed by atoms with Gasteiger partial charge in [-0.25, -0.2) is 9.97 Å². The number of anilines is 1. The molecular weight excluding hydrogens is 222 g/mol. The number of nitrogens with zero attached hydrogens (tertiary/aromatic N) is 4. The minimum Gasteiger partial charge on any atom is -0.368 e. The van der Waals surface area contributed by atoms with Crippen LogP contribution in [-0.2, 0) is 0 Å². The van der Waals surface area contributed by atoms with Crippen molar-refractivity contribution >= 4 is 28.9 Å². The molecule has 0 saturated carbocycles. The molecule has 0 atom stereocenters. The first kappa shape index (κ1) is 11.2. The third-order valence-electron chi connectivity index (χ3n) is 2.24. The smallest absolute Gasteiger partial charge is 0.223 e. The van der Waals surface area contributed by atoms with Gasteiger partial charge in [-0.05, 0) is 19.6 Å². The second-order valence-corrected chi connectivity index (χ2v) is 4.99. The van der Waals surface area contributed by atoms with E-state index in [9.17, 15) is 0 Å². The first-order valence-electron chi connectivity index (χ1n) is 5.26. The molecule has 6 heteroatoms. The second kappa shape index (κ2) is 4.29. The highest BCUT2D eigenvalue weighted by atomic mass is 32.2. The van der Waals surface area contributed by atoms with Crippen LogP contribution in [0.5, 0.6) is 0 Å². The molecule has 2 rings (SSSR count). The van der Waals surface area contributed by atoms with E-state index in [1.54, 1.807) is 18.1 Å². The highest BCUT2D eigenvalue weighted by Gasteiger charge is 2.13. The fourth-order valence-electron chi connectivity index (χ4n) is 1.52. The summed E-state index contributed by atoms with van der Waals surface area (Å²) in [5.41, 5.74) is 7.37. The van der Waals surface area contributed by atoms with E-state index in [2.05, 4.69) is 35.7 Å². The van der Waals surface area contributed by atoms with Crippen LogP contribution in [0.15, 0.2) is 11.4 Å². The maximum absolute atomic E-state index is 5.71. The Morgan fingerprint density at radius 3 is 2.81 bits per heavy atom. The van der Waals surface area contributed by atoms with Gasteiger partial charge in [0.1, 0.15) is 10.5 Å². The molecule has 2 aromatic rings. The maximum atomic E-state index is 5.71. The molecule has 0 aliphatic heterocycles. The Bertz CT molecular complexity index is 505. The third-order valence-corrected chi connectivity index (χ3v) is 3.09. The molecule has 2 heterocycles. The van der Waals surface area contributed by atoms with Crippen LogP contribution in [0.4, 0.5) is 5.95 Å². The Morgan fingerprint density at radius 2 is 2.19 bits per heavy atom. The molecule has 86 valence electrons. The van der Waals surface area contributed by atoms with Gasteiger partial charge in [0.2, 0.25) is 5.95 Å². The van der Waals surface area contributed by atoms with Gasteiger partial charge >= 0.3 is 0 Å². The maximum Gasteiger partial charge on any atom is 0.223 e. The molecule has 0 fully saturated rings. The van der Waals surface area contributed by atoms with E-state index in [0.29, 0.717) is 12.0 Å². The van der Waals surface area contributed by atoms with Gasteiger partial charge in [0.15, 0.2) is 5.65 Å². The summed E-state index contributed by atoms with van der Waals surface area (Å²) < 4.78 is 2.01. The lowest BCUT2D eigenvalue weighted by atomic mass is 10.4. The average Bonchev–Trinajstić information content (AvgIpc) is 2.61. The molecule has 0 bridgehead atoms. The summed E-state index contributed by atoms with van der Waals surface area (Å²) >= 11 is 1.64. The summed E-state index contributed by atoms with van der Waals surface area (Å²) in [6, 6.07) is 0.318. The Labute approximate surface area is 98.5 Å². The van der Waals surface area contributed by atoms with Crippen molar-refractivity contribution in [2.45, 2.75) is 31.8 Å². The number of nitrogens with two attached hydrogens (primary N) is 1. The largest absolute Gasteiger partial charge is 0.368 e. The van der Waals surface area contributed by atoms with E-state index < -0.39 is 0 Å². The highest BCUT2D eigenvalue weighted by Crippen LogP contribution is 2.25. The quantitative estimate of drug-likeness (QED) is 0.654. The molecule has 0 radical (unpaired) electrons. The fourth-order valence-corrected chi connectivity index (χ4v) is 2.23. The summed E-state index contributed by atoms with van der Waals surface area (Å²) in [5, 5.41) is 0.865. The van der Waals surface area contributed by atoms with Gasteiger partial charge in [0.05, 0.1) is 6.33 Å². The predicted molar refractivity (Wildman–Crippen MR) is 66.5 cm³/mol. The SMILES string of the molecule is CCSc1nc(N)nc2c1ncn2C(C)C. The van der Waals surface area contributed by atoms with Crippen LogP contribution in [0, 0.1) is 0 Å². The van der Waals surface area contributed by atoms with Crippen molar-refractivity contribution in [3.05, 3.63) is 6.33 Å². The van der Waals surface area contributed by atoms with Gasteiger partial charge in [0.25, 0.3) is 0 Å². The van der Waals surface area contributed by atoms with Gasteiger partial charge in [0, 0.05) is 6.04 Å². The van der Waals surface area contributed by atoms with Crippen molar-refractivity contribution in [1.29, 1.82) is 0 Å². The minimum atomic E-state index is 0.311. The van der Waals surface area contributed by atoms with Gasteiger partial charge in [-0.3, -0.25) is 0 Å². The molecule has 16 heavy (non-hydrogen) atoms. The van der Waals surface area contributed by atoms with Gasteiger partial charge in [-0.15, -0.1) is 11.8 Å². The van der Waals surface area contributed by atoms with E-state index in [4.69, 9.17) is 5.73 Å². The molecule has 0 saturated heterocycles. The molecule has 2 N–H and O–H groups in total. The predicted octanol–water partition coefficient (Wildman–Crippen LogP) is 2.10. The third kappa shape index (κ3) is 1.84.